The smallest absolute Gasteiger partial charge is 0.129 e. The fraction of sp³-hybridized carbons (Fsp3) is 0. The molecule has 0 amide bonds. The Balaban J connectivity index is 2.21. The van der Waals surface area contributed by atoms with E-state index < -0.39 is 0 Å². The van der Waals surface area contributed by atoms with E-state index in [9.17, 15) is 5.11 Å². The van der Waals surface area contributed by atoms with Crippen molar-refractivity contribution in [1.82, 2.24) is 0 Å². The van der Waals surface area contributed by atoms with E-state index in [4.69, 9.17) is 0 Å². The van der Waals surface area contributed by atoms with Gasteiger partial charge in [0, 0.05) is 0 Å². The van der Waals surface area contributed by atoms with E-state index in [2.05, 4.69) is 26.2 Å². The van der Waals surface area contributed by atoms with Crippen molar-refractivity contribution in [3.8, 4) is 5.75 Å². The number of benzene rings is 2. The maximum absolute atomic E-state index is 9.31. The molecule has 0 aliphatic carbocycles. The van der Waals surface area contributed by atoms with Crippen LogP contribution >= 0.6 is 15.9 Å². The van der Waals surface area contributed by atoms with Gasteiger partial charge in [-0.1, -0.05) is 18.2 Å². The molecule has 0 fully saturated rings. The number of hydrogen-bond acceptors (Lipinski definition) is 3. The summed E-state index contributed by atoms with van der Waals surface area (Å²) in [6.45, 7) is 0. The Morgan fingerprint density at radius 2 is 1.56 bits per heavy atom. The van der Waals surface area contributed by atoms with Gasteiger partial charge >= 0.3 is 0 Å². The normalized spacial score (nSPS) is 10.8. The highest BCUT2D eigenvalue weighted by molar-refractivity contribution is 9.10. The molecule has 0 aromatic heterocycles. The number of halogens is 1. The molecule has 0 atom stereocenters. The average Bonchev–Trinajstić information content (AvgIpc) is 2.32. The van der Waals surface area contributed by atoms with Crippen LogP contribution in [0, 0.1) is 0 Å². The first-order chi connectivity index (χ1) is 7.75. The fourth-order valence-corrected chi connectivity index (χ4v) is 1.53. The summed E-state index contributed by atoms with van der Waals surface area (Å²) in [6.07, 6.45) is 0. The molecule has 0 heterocycles. The summed E-state index contributed by atoms with van der Waals surface area (Å²) in [6, 6.07) is 14.5. The van der Waals surface area contributed by atoms with E-state index in [1.165, 1.54) is 0 Å². The summed E-state index contributed by atoms with van der Waals surface area (Å²) in [5.74, 6) is 0.193. The zero-order chi connectivity index (χ0) is 11.4. The topological polar surface area (TPSA) is 45.0 Å². The molecule has 1 N–H and O–H groups in total. The second-order valence-electron chi connectivity index (χ2n) is 3.17. The van der Waals surface area contributed by atoms with E-state index in [1.54, 1.807) is 18.2 Å². The molecular formula is C12H9BrN2O. The van der Waals surface area contributed by atoms with Crippen molar-refractivity contribution in [2.75, 3.05) is 0 Å². The van der Waals surface area contributed by atoms with Crippen molar-refractivity contribution in [1.29, 1.82) is 0 Å². The summed E-state index contributed by atoms with van der Waals surface area (Å²) in [4.78, 5) is 0. The molecular weight excluding hydrogens is 268 g/mol. The molecule has 2 aromatic carbocycles. The number of rotatable bonds is 2. The predicted molar refractivity (Wildman–Crippen MR) is 66.4 cm³/mol. The van der Waals surface area contributed by atoms with Crippen molar-refractivity contribution >= 4 is 27.3 Å². The van der Waals surface area contributed by atoms with Crippen molar-refractivity contribution < 1.29 is 5.11 Å². The quantitative estimate of drug-likeness (QED) is 0.803. The van der Waals surface area contributed by atoms with Crippen LogP contribution in [0.15, 0.2) is 63.2 Å². The monoisotopic (exact) mass is 276 g/mol. The van der Waals surface area contributed by atoms with Crippen molar-refractivity contribution in [2.24, 2.45) is 10.2 Å². The zero-order valence-corrected chi connectivity index (χ0v) is 9.92. The van der Waals surface area contributed by atoms with Crippen LogP contribution in [0.5, 0.6) is 5.75 Å². The highest BCUT2D eigenvalue weighted by Gasteiger charge is 1.97. The van der Waals surface area contributed by atoms with Gasteiger partial charge in [-0.25, -0.2) is 0 Å². The van der Waals surface area contributed by atoms with Gasteiger partial charge in [-0.3, -0.25) is 0 Å². The third-order valence-electron chi connectivity index (χ3n) is 1.97. The maximum Gasteiger partial charge on any atom is 0.129 e. The maximum atomic E-state index is 9.31. The van der Waals surface area contributed by atoms with Crippen LogP contribution in [0.4, 0.5) is 11.4 Å². The van der Waals surface area contributed by atoms with Crippen LogP contribution in [0.25, 0.3) is 0 Å². The minimum absolute atomic E-state index is 0.193. The number of aromatic hydroxyl groups is 1. The molecule has 0 saturated heterocycles. The first kappa shape index (κ1) is 10.8. The van der Waals surface area contributed by atoms with Gasteiger partial charge in [0.1, 0.15) is 5.75 Å². The van der Waals surface area contributed by atoms with Gasteiger partial charge in [0.15, 0.2) is 0 Å². The lowest BCUT2D eigenvalue weighted by Gasteiger charge is -1.97. The van der Waals surface area contributed by atoms with E-state index in [-0.39, 0.29) is 5.75 Å². The molecule has 0 aliphatic heterocycles. The lowest BCUT2D eigenvalue weighted by Crippen LogP contribution is -1.68. The SMILES string of the molecule is Oc1ccc(N=Nc2ccccc2)cc1Br. The molecule has 0 aliphatic rings. The van der Waals surface area contributed by atoms with E-state index in [1.807, 2.05) is 30.3 Å². The van der Waals surface area contributed by atoms with Gasteiger partial charge in [-0.2, -0.15) is 10.2 Å². The molecule has 2 rings (SSSR count). The number of azo groups is 1. The zero-order valence-electron chi connectivity index (χ0n) is 8.34. The minimum Gasteiger partial charge on any atom is -0.507 e. The number of nitrogens with zero attached hydrogens (tertiary/aromatic N) is 2. The highest BCUT2D eigenvalue weighted by atomic mass is 79.9. The van der Waals surface area contributed by atoms with Gasteiger partial charge in [-0.15, -0.1) is 0 Å². The van der Waals surface area contributed by atoms with E-state index in [0.29, 0.717) is 10.2 Å². The molecule has 0 unspecified atom stereocenters. The lowest BCUT2D eigenvalue weighted by molar-refractivity contribution is 0.472. The van der Waals surface area contributed by atoms with Crippen LogP contribution < -0.4 is 0 Å². The number of phenols is 1. The minimum atomic E-state index is 0.193. The van der Waals surface area contributed by atoms with Crippen LogP contribution in [-0.2, 0) is 0 Å². The summed E-state index contributed by atoms with van der Waals surface area (Å²) in [5, 5.41) is 17.4. The fourth-order valence-electron chi connectivity index (χ4n) is 1.17. The van der Waals surface area contributed by atoms with Crippen LogP contribution in [-0.4, -0.2) is 5.11 Å². The third kappa shape index (κ3) is 2.67. The van der Waals surface area contributed by atoms with Crippen molar-refractivity contribution in [3.63, 3.8) is 0 Å². The van der Waals surface area contributed by atoms with Gasteiger partial charge < -0.3 is 5.11 Å². The second kappa shape index (κ2) is 4.90. The van der Waals surface area contributed by atoms with Crippen LogP contribution in [0.1, 0.15) is 0 Å². The predicted octanol–water partition coefficient (Wildman–Crippen LogP) is 4.57. The number of phenolic OH excluding ortho intramolecular Hbond substituents is 1. The van der Waals surface area contributed by atoms with Crippen molar-refractivity contribution in [3.05, 3.63) is 53.0 Å². The van der Waals surface area contributed by atoms with Crippen molar-refractivity contribution in [2.45, 2.75) is 0 Å². The third-order valence-corrected chi connectivity index (χ3v) is 2.60. The van der Waals surface area contributed by atoms with Crippen LogP contribution in [0.3, 0.4) is 0 Å². The Morgan fingerprint density at radius 3 is 2.25 bits per heavy atom. The molecule has 16 heavy (non-hydrogen) atoms. The molecule has 0 saturated carbocycles. The first-order valence-corrected chi connectivity index (χ1v) is 5.50. The Hall–Kier alpha value is -1.68. The average molecular weight is 277 g/mol. The first-order valence-electron chi connectivity index (χ1n) is 4.71. The molecule has 0 bridgehead atoms. The molecule has 80 valence electrons. The van der Waals surface area contributed by atoms with E-state index >= 15 is 0 Å². The number of hydrogen-bond donors (Lipinski definition) is 1. The van der Waals surface area contributed by atoms with Gasteiger partial charge in [0.2, 0.25) is 0 Å². The van der Waals surface area contributed by atoms with Gasteiger partial charge in [-0.05, 0) is 46.3 Å². The Morgan fingerprint density at radius 1 is 0.875 bits per heavy atom. The van der Waals surface area contributed by atoms with Crippen LogP contribution in [0.2, 0.25) is 0 Å². The second-order valence-corrected chi connectivity index (χ2v) is 4.03. The summed E-state index contributed by atoms with van der Waals surface area (Å²) in [7, 11) is 0. The van der Waals surface area contributed by atoms with Gasteiger partial charge in [0.25, 0.3) is 0 Å². The highest BCUT2D eigenvalue weighted by Crippen LogP contribution is 2.28. The summed E-state index contributed by atoms with van der Waals surface area (Å²) >= 11 is 3.22. The van der Waals surface area contributed by atoms with Gasteiger partial charge in [0.05, 0.1) is 15.8 Å². The van der Waals surface area contributed by atoms with E-state index in [0.717, 1.165) is 5.69 Å². The molecule has 3 nitrogen and oxygen atoms in total. The Kier molecular flexibility index (Phi) is 3.31. The Labute approximate surface area is 102 Å². The Bertz CT molecular complexity index is 512. The molecule has 4 heteroatoms. The summed E-state index contributed by atoms with van der Waals surface area (Å²) in [5.41, 5.74) is 1.49. The standard InChI is InChI=1S/C12H9BrN2O/c13-11-8-10(6-7-12(11)16)15-14-9-4-2-1-3-5-9/h1-8,16H. The molecule has 0 radical (unpaired) electrons. The summed E-state index contributed by atoms with van der Waals surface area (Å²) < 4.78 is 0.608. The largest absolute Gasteiger partial charge is 0.507 e. The lowest BCUT2D eigenvalue weighted by atomic mass is 10.3. The molecule has 2 aromatic rings. The molecule has 0 spiro atoms.